The lowest BCUT2D eigenvalue weighted by Crippen LogP contribution is -2.47. The largest absolute Gasteiger partial charge is 0.469 e. The average molecular weight is 209 g/mol. The van der Waals surface area contributed by atoms with Crippen molar-refractivity contribution in [3.05, 3.63) is 0 Å². The molecule has 0 aromatic rings. The van der Waals surface area contributed by atoms with Crippen molar-refractivity contribution < 1.29 is 9.53 Å². The van der Waals surface area contributed by atoms with Crippen LogP contribution in [0.3, 0.4) is 0 Å². The Balaban J connectivity index is 2.10. The third kappa shape index (κ3) is 1.58. The van der Waals surface area contributed by atoms with E-state index in [1.807, 2.05) is 0 Å². The van der Waals surface area contributed by atoms with Crippen molar-refractivity contribution in [2.45, 2.75) is 38.5 Å². The Labute approximate surface area is 90.9 Å². The second-order valence-electron chi connectivity index (χ2n) is 5.15. The molecule has 0 N–H and O–H groups in total. The Morgan fingerprint density at radius 2 is 1.80 bits per heavy atom. The highest BCUT2D eigenvalue weighted by Crippen LogP contribution is 2.57. The summed E-state index contributed by atoms with van der Waals surface area (Å²) in [4.78, 5) is 15.8. The molecular weight excluding hydrogens is 190 g/mol. The van der Waals surface area contributed by atoms with E-state index < -0.39 is 0 Å². The van der Waals surface area contributed by atoms with Gasteiger partial charge < -0.3 is 9.73 Å². The third-order valence-corrected chi connectivity index (χ3v) is 4.47. The van der Waals surface area contributed by atoms with E-state index in [1.54, 1.807) is 0 Å². The minimum absolute atomic E-state index is 0.00219. The first-order valence-electron chi connectivity index (χ1n) is 5.67. The van der Waals surface area contributed by atoms with E-state index in [2.05, 4.69) is 11.7 Å². The summed E-state index contributed by atoms with van der Waals surface area (Å²) in [6.07, 6.45) is 6.28. The standard InChI is InChI=1S/C12H19NO2/c1-13-9-11-3-6-12(7-4-11,8-5-11)10(14)15-2/h1,3-9H2,2H3. The molecule has 0 aromatic carbocycles. The van der Waals surface area contributed by atoms with Crippen molar-refractivity contribution in [1.82, 2.24) is 0 Å². The van der Waals surface area contributed by atoms with Gasteiger partial charge >= 0.3 is 5.97 Å². The van der Waals surface area contributed by atoms with Crippen molar-refractivity contribution in [2.75, 3.05) is 13.7 Å². The third-order valence-electron chi connectivity index (χ3n) is 4.47. The summed E-state index contributed by atoms with van der Waals surface area (Å²) in [7, 11) is 1.50. The monoisotopic (exact) mass is 209 g/mol. The van der Waals surface area contributed by atoms with Crippen molar-refractivity contribution in [2.24, 2.45) is 15.8 Å². The number of hydrogen-bond donors (Lipinski definition) is 0. The highest BCUT2D eigenvalue weighted by atomic mass is 16.5. The number of carbonyl (C=O) groups is 1. The fourth-order valence-corrected chi connectivity index (χ4v) is 3.26. The number of ether oxygens (including phenoxy) is 1. The molecule has 0 unspecified atom stereocenters. The first kappa shape index (κ1) is 10.7. The summed E-state index contributed by atoms with van der Waals surface area (Å²) in [5, 5.41) is 0. The molecule has 3 saturated carbocycles. The fourth-order valence-electron chi connectivity index (χ4n) is 3.26. The Morgan fingerprint density at radius 1 is 1.27 bits per heavy atom. The van der Waals surface area contributed by atoms with Gasteiger partial charge in [-0.1, -0.05) is 0 Å². The highest BCUT2D eigenvalue weighted by molar-refractivity contribution is 5.77. The molecule has 0 aromatic heterocycles. The van der Waals surface area contributed by atoms with Gasteiger partial charge in [-0.15, -0.1) is 0 Å². The van der Waals surface area contributed by atoms with E-state index in [9.17, 15) is 4.79 Å². The van der Waals surface area contributed by atoms with E-state index >= 15 is 0 Å². The number of aliphatic imine (C=N–C) groups is 1. The first-order valence-corrected chi connectivity index (χ1v) is 5.67. The van der Waals surface area contributed by atoms with Gasteiger partial charge in [-0.05, 0) is 50.7 Å². The molecule has 0 atom stereocenters. The molecule has 2 bridgehead atoms. The lowest BCUT2D eigenvalue weighted by atomic mass is 9.54. The van der Waals surface area contributed by atoms with Gasteiger partial charge in [-0.3, -0.25) is 4.79 Å². The molecule has 15 heavy (non-hydrogen) atoms. The van der Waals surface area contributed by atoms with Gasteiger partial charge in [0.15, 0.2) is 0 Å². The molecule has 3 fully saturated rings. The summed E-state index contributed by atoms with van der Waals surface area (Å²) in [6.45, 7) is 4.46. The van der Waals surface area contributed by atoms with Crippen LogP contribution in [0.15, 0.2) is 4.99 Å². The van der Waals surface area contributed by atoms with Crippen molar-refractivity contribution in [3.8, 4) is 0 Å². The number of carbonyl (C=O) groups excluding carboxylic acids is 1. The molecular formula is C12H19NO2. The number of fused-ring (bicyclic) bond motifs is 3. The second-order valence-corrected chi connectivity index (χ2v) is 5.15. The molecule has 0 amide bonds. The van der Waals surface area contributed by atoms with E-state index in [1.165, 1.54) is 7.11 Å². The Bertz CT molecular complexity index is 261. The lowest BCUT2D eigenvalue weighted by Gasteiger charge is -2.51. The quantitative estimate of drug-likeness (QED) is 0.528. The molecule has 0 aliphatic heterocycles. The first-order chi connectivity index (χ1) is 7.16. The zero-order valence-electron chi connectivity index (χ0n) is 9.42. The average Bonchev–Trinajstić information content (AvgIpc) is 2.30. The number of methoxy groups -OCH3 is 1. The molecule has 0 heterocycles. The summed E-state index contributed by atoms with van der Waals surface area (Å²) >= 11 is 0. The zero-order chi connectivity index (χ0) is 10.9. The predicted molar refractivity (Wildman–Crippen MR) is 59.0 cm³/mol. The van der Waals surface area contributed by atoms with Gasteiger partial charge in [0.1, 0.15) is 0 Å². The molecule has 3 heteroatoms. The van der Waals surface area contributed by atoms with Gasteiger partial charge in [0.25, 0.3) is 0 Å². The number of hydrogen-bond acceptors (Lipinski definition) is 3. The van der Waals surface area contributed by atoms with Gasteiger partial charge in [-0.2, -0.15) is 0 Å². The Hall–Kier alpha value is -0.860. The van der Waals surface area contributed by atoms with Crippen LogP contribution in [-0.4, -0.2) is 26.3 Å². The summed E-state index contributed by atoms with van der Waals surface area (Å²) in [5.41, 5.74) is 0.204. The van der Waals surface area contributed by atoms with Crippen LogP contribution < -0.4 is 0 Å². The summed E-state index contributed by atoms with van der Waals surface area (Å²) in [6, 6.07) is 0. The van der Waals surface area contributed by atoms with Crippen molar-refractivity contribution in [1.29, 1.82) is 0 Å². The number of rotatable bonds is 3. The van der Waals surface area contributed by atoms with Crippen LogP contribution >= 0.6 is 0 Å². The lowest BCUT2D eigenvalue weighted by molar-refractivity contribution is -0.162. The maximum absolute atomic E-state index is 11.7. The van der Waals surface area contributed by atoms with Crippen LogP contribution in [0.4, 0.5) is 0 Å². The summed E-state index contributed by atoms with van der Waals surface area (Å²) < 4.78 is 4.93. The molecule has 3 aliphatic rings. The van der Waals surface area contributed by atoms with Crippen LogP contribution in [0, 0.1) is 10.8 Å². The van der Waals surface area contributed by atoms with Crippen LogP contribution in [0.25, 0.3) is 0 Å². The van der Waals surface area contributed by atoms with Gasteiger partial charge in [0.2, 0.25) is 0 Å². The van der Waals surface area contributed by atoms with Crippen molar-refractivity contribution in [3.63, 3.8) is 0 Å². The predicted octanol–water partition coefficient (Wildman–Crippen LogP) is 2.20. The molecule has 3 nitrogen and oxygen atoms in total. The Morgan fingerprint density at radius 3 is 2.20 bits per heavy atom. The molecule has 84 valence electrons. The van der Waals surface area contributed by atoms with Crippen LogP contribution in [0.2, 0.25) is 0 Å². The number of nitrogens with zero attached hydrogens (tertiary/aromatic N) is 1. The molecule has 0 radical (unpaired) electrons. The van der Waals surface area contributed by atoms with Crippen molar-refractivity contribution >= 4 is 12.7 Å². The zero-order valence-corrected chi connectivity index (χ0v) is 9.42. The maximum atomic E-state index is 11.7. The van der Waals surface area contributed by atoms with Gasteiger partial charge in [-0.25, -0.2) is 0 Å². The minimum atomic E-state index is -0.155. The molecule has 3 aliphatic carbocycles. The van der Waals surface area contributed by atoms with E-state index in [-0.39, 0.29) is 11.4 Å². The van der Waals surface area contributed by atoms with Crippen LogP contribution in [-0.2, 0) is 9.53 Å². The SMILES string of the molecule is C=NCC12CCC(C(=O)OC)(CC1)CC2. The summed E-state index contributed by atoms with van der Waals surface area (Å²) in [5.74, 6) is 0.00219. The molecule has 3 rings (SSSR count). The minimum Gasteiger partial charge on any atom is -0.469 e. The number of esters is 1. The van der Waals surface area contributed by atoms with E-state index in [0.717, 1.165) is 45.1 Å². The fraction of sp³-hybridized carbons (Fsp3) is 0.833. The Kier molecular flexibility index (Phi) is 2.57. The van der Waals surface area contributed by atoms with E-state index in [4.69, 9.17) is 4.74 Å². The van der Waals surface area contributed by atoms with Gasteiger partial charge in [0, 0.05) is 6.54 Å². The van der Waals surface area contributed by atoms with E-state index in [0.29, 0.717) is 5.41 Å². The van der Waals surface area contributed by atoms with Crippen LogP contribution in [0.1, 0.15) is 38.5 Å². The molecule has 0 spiro atoms. The highest BCUT2D eigenvalue weighted by Gasteiger charge is 2.52. The van der Waals surface area contributed by atoms with Crippen LogP contribution in [0.5, 0.6) is 0 Å². The smallest absolute Gasteiger partial charge is 0.311 e. The molecule has 0 saturated heterocycles. The normalized spacial score (nSPS) is 38.7. The topological polar surface area (TPSA) is 38.7 Å². The maximum Gasteiger partial charge on any atom is 0.311 e. The van der Waals surface area contributed by atoms with Gasteiger partial charge in [0.05, 0.1) is 12.5 Å². The second kappa shape index (κ2) is 3.62.